The van der Waals surface area contributed by atoms with Crippen LogP contribution in [-0.2, 0) is 6.54 Å². The summed E-state index contributed by atoms with van der Waals surface area (Å²) in [6, 6.07) is 10.8. The highest BCUT2D eigenvalue weighted by atomic mass is 16.5. The summed E-state index contributed by atoms with van der Waals surface area (Å²) in [4.78, 5) is 2.48. The number of ether oxygens (including phenoxy) is 1. The lowest BCUT2D eigenvalue weighted by atomic mass is 10.1. The van der Waals surface area contributed by atoms with Crippen LogP contribution in [0.2, 0.25) is 0 Å². The smallest absolute Gasteiger partial charge is 0.154 e. The van der Waals surface area contributed by atoms with Crippen LogP contribution in [0.25, 0.3) is 0 Å². The molecule has 0 bridgehead atoms. The largest absolute Gasteiger partial charge is 0.491 e. The van der Waals surface area contributed by atoms with E-state index in [0.717, 1.165) is 36.7 Å². The first-order valence-corrected chi connectivity index (χ1v) is 8.99. The molecule has 4 nitrogen and oxygen atoms in total. The van der Waals surface area contributed by atoms with Crippen molar-refractivity contribution in [2.45, 2.75) is 65.1 Å². The van der Waals surface area contributed by atoms with Gasteiger partial charge in [-0.3, -0.25) is 4.90 Å². The predicted octanol–water partition coefficient (Wildman–Crippen LogP) is 4.92. The first kappa shape index (κ1) is 17.0. The molecule has 3 rings (SSSR count). The Morgan fingerprint density at radius 3 is 2.75 bits per heavy atom. The summed E-state index contributed by atoms with van der Waals surface area (Å²) in [5, 5.41) is 4.23. The van der Waals surface area contributed by atoms with Gasteiger partial charge in [0, 0.05) is 18.2 Å². The molecule has 0 N–H and O–H groups in total. The van der Waals surface area contributed by atoms with Crippen molar-refractivity contribution in [3.05, 3.63) is 47.3 Å². The molecule has 1 aromatic carbocycles. The van der Waals surface area contributed by atoms with Crippen molar-refractivity contribution < 1.29 is 9.26 Å². The zero-order valence-corrected chi connectivity index (χ0v) is 15.2. The maximum absolute atomic E-state index is 5.97. The molecule has 130 valence electrons. The van der Waals surface area contributed by atoms with E-state index in [1.807, 2.05) is 6.07 Å². The summed E-state index contributed by atoms with van der Waals surface area (Å²) in [7, 11) is 0. The van der Waals surface area contributed by atoms with E-state index in [-0.39, 0.29) is 6.10 Å². The third kappa shape index (κ3) is 3.81. The van der Waals surface area contributed by atoms with Gasteiger partial charge in [-0.05, 0) is 45.2 Å². The minimum absolute atomic E-state index is 0.184. The fourth-order valence-electron chi connectivity index (χ4n) is 3.29. The minimum atomic E-state index is 0.184. The number of para-hydroxylation sites is 1. The van der Waals surface area contributed by atoms with Crippen LogP contribution in [0.5, 0.6) is 5.75 Å². The lowest BCUT2D eigenvalue weighted by molar-refractivity contribution is 0.197. The summed E-state index contributed by atoms with van der Waals surface area (Å²) in [6.07, 6.45) is 2.50. The zero-order valence-electron chi connectivity index (χ0n) is 15.2. The Morgan fingerprint density at radius 1 is 1.25 bits per heavy atom. The fraction of sp³-hybridized carbons (Fsp3) is 0.550. The average Bonchev–Trinajstić information content (AvgIpc) is 3.17. The van der Waals surface area contributed by atoms with Crippen LogP contribution in [0.3, 0.4) is 0 Å². The standard InChI is InChI=1S/C20H28N2O2/c1-14(2)17-12-20(24-21-17)18-9-7-11-22(18)13-16-8-5-6-10-19(16)23-15(3)4/h5-6,8,10,12,14-15,18H,7,9,11,13H2,1-4H3/t18-/m1/s1. The highest BCUT2D eigenvalue weighted by molar-refractivity contribution is 5.33. The molecule has 0 saturated carbocycles. The van der Waals surface area contributed by atoms with Crippen LogP contribution in [0.4, 0.5) is 0 Å². The molecule has 2 aromatic rings. The summed E-state index contributed by atoms with van der Waals surface area (Å²) in [6.45, 7) is 10.4. The minimum Gasteiger partial charge on any atom is -0.491 e. The molecule has 1 atom stereocenters. The molecule has 24 heavy (non-hydrogen) atoms. The SMILES string of the molecule is CC(C)Oc1ccccc1CN1CCC[C@@H]1c1cc(C(C)C)no1. The van der Waals surface area contributed by atoms with Gasteiger partial charge >= 0.3 is 0 Å². The van der Waals surface area contributed by atoms with Crippen molar-refractivity contribution in [3.63, 3.8) is 0 Å². The van der Waals surface area contributed by atoms with E-state index in [9.17, 15) is 0 Å². The highest BCUT2D eigenvalue weighted by Crippen LogP contribution is 2.35. The molecule has 0 aliphatic carbocycles. The molecule has 1 fully saturated rings. The normalized spacial score (nSPS) is 18.7. The second-order valence-corrected chi connectivity index (χ2v) is 7.21. The topological polar surface area (TPSA) is 38.5 Å². The number of nitrogens with zero attached hydrogens (tertiary/aromatic N) is 2. The van der Waals surface area contributed by atoms with E-state index < -0.39 is 0 Å². The van der Waals surface area contributed by atoms with Crippen LogP contribution in [0.1, 0.15) is 69.5 Å². The molecular weight excluding hydrogens is 300 g/mol. The van der Waals surface area contributed by atoms with E-state index >= 15 is 0 Å². The van der Waals surface area contributed by atoms with Gasteiger partial charge in [-0.2, -0.15) is 0 Å². The summed E-state index contributed by atoms with van der Waals surface area (Å²) in [5.41, 5.74) is 2.28. The fourth-order valence-corrected chi connectivity index (χ4v) is 3.29. The molecule has 1 aliphatic rings. The molecule has 1 saturated heterocycles. The number of rotatable bonds is 6. The number of aromatic nitrogens is 1. The van der Waals surface area contributed by atoms with Crippen molar-refractivity contribution in [2.24, 2.45) is 0 Å². The molecule has 4 heteroatoms. The Morgan fingerprint density at radius 2 is 2.04 bits per heavy atom. The van der Waals surface area contributed by atoms with Crippen molar-refractivity contribution >= 4 is 0 Å². The van der Waals surface area contributed by atoms with E-state index in [0.29, 0.717) is 12.0 Å². The van der Waals surface area contributed by atoms with Crippen LogP contribution >= 0.6 is 0 Å². The Bertz CT molecular complexity index is 663. The summed E-state index contributed by atoms with van der Waals surface area (Å²) >= 11 is 0. The quantitative estimate of drug-likeness (QED) is 0.754. The second-order valence-electron chi connectivity index (χ2n) is 7.21. The van der Waals surface area contributed by atoms with E-state index in [4.69, 9.17) is 9.26 Å². The molecule has 0 amide bonds. The van der Waals surface area contributed by atoms with Crippen molar-refractivity contribution in [3.8, 4) is 5.75 Å². The summed E-state index contributed by atoms with van der Waals surface area (Å²) in [5.74, 6) is 2.38. The van der Waals surface area contributed by atoms with Gasteiger partial charge in [-0.15, -0.1) is 0 Å². The van der Waals surface area contributed by atoms with Crippen molar-refractivity contribution in [1.29, 1.82) is 0 Å². The molecule has 0 unspecified atom stereocenters. The molecule has 1 aliphatic heterocycles. The van der Waals surface area contributed by atoms with Gasteiger partial charge in [0.2, 0.25) is 0 Å². The van der Waals surface area contributed by atoms with Crippen molar-refractivity contribution in [2.75, 3.05) is 6.54 Å². The summed E-state index contributed by atoms with van der Waals surface area (Å²) < 4.78 is 11.6. The van der Waals surface area contributed by atoms with Crippen molar-refractivity contribution in [1.82, 2.24) is 10.1 Å². The second kappa shape index (κ2) is 7.39. The zero-order chi connectivity index (χ0) is 17.1. The Hall–Kier alpha value is -1.81. The molecule has 1 aromatic heterocycles. The Kier molecular flexibility index (Phi) is 5.24. The maximum Gasteiger partial charge on any atom is 0.154 e. The molecular formula is C20H28N2O2. The molecule has 2 heterocycles. The lowest BCUT2D eigenvalue weighted by Gasteiger charge is -2.24. The molecule has 0 radical (unpaired) electrons. The van der Waals surface area contributed by atoms with E-state index in [1.54, 1.807) is 0 Å². The van der Waals surface area contributed by atoms with Crippen LogP contribution in [0.15, 0.2) is 34.9 Å². The predicted molar refractivity (Wildman–Crippen MR) is 95.2 cm³/mol. The van der Waals surface area contributed by atoms with Gasteiger partial charge in [0.15, 0.2) is 5.76 Å². The third-order valence-electron chi connectivity index (χ3n) is 4.54. The van der Waals surface area contributed by atoms with Gasteiger partial charge in [0.25, 0.3) is 0 Å². The van der Waals surface area contributed by atoms with Crippen LogP contribution < -0.4 is 4.74 Å². The van der Waals surface area contributed by atoms with Gasteiger partial charge in [0.05, 0.1) is 17.8 Å². The number of benzene rings is 1. The van der Waals surface area contributed by atoms with E-state index in [1.165, 1.54) is 12.0 Å². The third-order valence-corrected chi connectivity index (χ3v) is 4.54. The number of hydrogen-bond acceptors (Lipinski definition) is 4. The number of hydrogen-bond donors (Lipinski definition) is 0. The van der Waals surface area contributed by atoms with Gasteiger partial charge in [0.1, 0.15) is 5.75 Å². The molecule has 0 spiro atoms. The maximum atomic E-state index is 5.97. The van der Waals surface area contributed by atoms with E-state index in [2.05, 4.69) is 62.0 Å². The average molecular weight is 328 g/mol. The van der Waals surface area contributed by atoms with Gasteiger partial charge in [-0.25, -0.2) is 0 Å². The first-order chi connectivity index (χ1) is 11.5. The van der Waals surface area contributed by atoms with Crippen LogP contribution in [-0.4, -0.2) is 22.7 Å². The first-order valence-electron chi connectivity index (χ1n) is 8.99. The van der Waals surface area contributed by atoms with Gasteiger partial charge < -0.3 is 9.26 Å². The monoisotopic (exact) mass is 328 g/mol. The van der Waals surface area contributed by atoms with Crippen LogP contribution in [0, 0.1) is 0 Å². The highest BCUT2D eigenvalue weighted by Gasteiger charge is 2.30. The number of likely N-dealkylation sites (tertiary alicyclic amines) is 1. The van der Waals surface area contributed by atoms with Gasteiger partial charge in [-0.1, -0.05) is 37.2 Å². The Labute approximate surface area is 144 Å². The lowest BCUT2D eigenvalue weighted by Crippen LogP contribution is -2.23. The Balaban J connectivity index is 1.76.